The summed E-state index contributed by atoms with van der Waals surface area (Å²) in [6.45, 7) is 5.46. The maximum atomic E-state index is 13.2. The second kappa shape index (κ2) is 9.27. The zero-order valence-corrected chi connectivity index (χ0v) is 19.9. The topological polar surface area (TPSA) is 82.1 Å². The van der Waals surface area contributed by atoms with Crippen LogP contribution in [0.3, 0.4) is 0 Å². The Morgan fingerprint density at radius 1 is 1.12 bits per heavy atom. The Labute approximate surface area is 201 Å². The molecule has 172 valence electrons. The van der Waals surface area contributed by atoms with Gasteiger partial charge in [-0.3, -0.25) is 4.79 Å². The molecule has 0 N–H and O–H groups in total. The lowest BCUT2D eigenvalue weighted by Gasteiger charge is -2.11. The monoisotopic (exact) mass is 472 g/mol. The minimum absolute atomic E-state index is 0.0638. The average molecular weight is 473 g/mol. The van der Waals surface area contributed by atoms with Crippen molar-refractivity contribution < 1.29 is 14.3 Å². The van der Waals surface area contributed by atoms with E-state index in [1.807, 2.05) is 66.9 Å². The first-order chi connectivity index (χ1) is 16.5. The summed E-state index contributed by atoms with van der Waals surface area (Å²) in [6, 6.07) is 17.9. The van der Waals surface area contributed by atoms with Crippen LogP contribution in [0.1, 0.15) is 33.7 Å². The molecular weight excluding hydrogens is 448 g/mol. The smallest absolute Gasteiger partial charge is 0.231 e. The Morgan fingerprint density at radius 2 is 1.94 bits per heavy atom. The number of Topliss-reactive ketones (excluding diaryl/α,β-unsaturated/α-hetero) is 1. The fourth-order valence-electron chi connectivity index (χ4n) is 4.30. The first-order valence-electron chi connectivity index (χ1n) is 11.1. The summed E-state index contributed by atoms with van der Waals surface area (Å²) in [6.07, 6.45) is 0.392. The van der Waals surface area contributed by atoms with Gasteiger partial charge in [0, 0.05) is 30.0 Å². The molecule has 0 spiro atoms. The third-order valence-electron chi connectivity index (χ3n) is 6.05. The molecule has 0 atom stereocenters. The molecule has 3 heterocycles. The van der Waals surface area contributed by atoms with Gasteiger partial charge in [0.2, 0.25) is 6.79 Å². The molecule has 2 aromatic carbocycles. The van der Waals surface area contributed by atoms with E-state index in [2.05, 4.69) is 10.6 Å². The van der Waals surface area contributed by atoms with Gasteiger partial charge < -0.3 is 18.6 Å². The number of ether oxygens (including phenoxy) is 2. The highest BCUT2D eigenvalue weighted by Gasteiger charge is 2.19. The van der Waals surface area contributed by atoms with Gasteiger partial charge in [-0.05, 0) is 49.7 Å². The summed E-state index contributed by atoms with van der Waals surface area (Å²) in [4.78, 5) is 17.9. The van der Waals surface area contributed by atoms with Gasteiger partial charge in [-0.1, -0.05) is 30.0 Å². The lowest BCUT2D eigenvalue weighted by molar-refractivity contribution is 0.102. The molecule has 0 unspecified atom stereocenters. The Hall–Kier alpha value is -3.70. The van der Waals surface area contributed by atoms with E-state index < -0.39 is 0 Å². The van der Waals surface area contributed by atoms with Crippen LogP contribution in [0.4, 0.5) is 0 Å². The molecule has 0 saturated heterocycles. The Kier molecular flexibility index (Phi) is 6.03. The van der Waals surface area contributed by atoms with Crippen molar-refractivity contribution in [1.29, 1.82) is 5.26 Å². The molecule has 0 aliphatic carbocycles. The zero-order chi connectivity index (χ0) is 23.7. The number of aromatic nitrogens is 3. The molecular formula is C26H24N4O3S. The van der Waals surface area contributed by atoms with Crippen molar-refractivity contribution in [3.05, 3.63) is 71.0 Å². The highest BCUT2D eigenvalue weighted by molar-refractivity contribution is 7.99. The van der Waals surface area contributed by atoms with Crippen LogP contribution in [-0.2, 0) is 13.1 Å². The molecule has 4 aromatic rings. The van der Waals surface area contributed by atoms with Crippen LogP contribution >= 0.6 is 11.8 Å². The summed E-state index contributed by atoms with van der Waals surface area (Å²) in [5.41, 5.74) is 5.64. The Bertz CT molecular complexity index is 1430. The summed E-state index contributed by atoms with van der Waals surface area (Å²) < 4.78 is 15.1. The van der Waals surface area contributed by atoms with Crippen molar-refractivity contribution in [2.24, 2.45) is 0 Å². The van der Waals surface area contributed by atoms with E-state index in [1.165, 1.54) is 11.8 Å². The molecule has 7 nitrogen and oxygen atoms in total. The molecule has 8 heteroatoms. The maximum absolute atomic E-state index is 13.2. The molecule has 0 bridgehead atoms. The van der Waals surface area contributed by atoms with Gasteiger partial charge in [-0.2, -0.15) is 5.26 Å². The summed E-state index contributed by atoms with van der Waals surface area (Å²) in [7, 11) is 0. The number of hydrogen-bond acceptors (Lipinski definition) is 6. The molecule has 0 fully saturated rings. The standard InChI is InChI=1S/C26H24N4O3S/c1-17-12-20(18(2)30(17)14-19-8-9-24-25(13-19)33-16-32-24)23(31)15-34-26-28-21-6-3-4-7-22(21)29(26)11-5-10-27/h3-4,6-9,12-13H,5,11,14-16H2,1-2H3. The summed E-state index contributed by atoms with van der Waals surface area (Å²) >= 11 is 1.42. The van der Waals surface area contributed by atoms with Crippen LogP contribution in [0.25, 0.3) is 11.0 Å². The number of thioether (sulfide) groups is 1. The van der Waals surface area contributed by atoms with Crippen molar-refractivity contribution in [3.8, 4) is 17.6 Å². The normalized spacial score (nSPS) is 12.3. The van der Waals surface area contributed by atoms with E-state index in [0.29, 0.717) is 19.5 Å². The highest BCUT2D eigenvalue weighted by Crippen LogP contribution is 2.33. The molecule has 5 rings (SSSR count). The number of nitriles is 1. The van der Waals surface area contributed by atoms with Gasteiger partial charge >= 0.3 is 0 Å². The minimum atomic E-state index is 0.0638. The van der Waals surface area contributed by atoms with E-state index in [0.717, 1.165) is 50.2 Å². The van der Waals surface area contributed by atoms with E-state index in [1.54, 1.807) is 0 Å². The number of imidazole rings is 1. The molecule has 2 aromatic heterocycles. The number of fused-ring (bicyclic) bond motifs is 2. The summed E-state index contributed by atoms with van der Waals surface area (Å²) in [5, 5.41) is 9.81. The van der Waals surface area contributed by atoms with Gasteiger partial charge in [0.15, 0.2) is 22.4 Å². The van der Waals surface area contributed by atoms with Gasteiger partial charge in [-0.25, -0.2) is 4.98 Å². The van der Waals surface area contributed by atoms with Crippen molar-refractivity contribution in [1.82, 2.24) is 14.1 Å². The van der Waals surface area contributed by atoms with Gasteiger partial charge in [0.05, 0.1) is 29.3 Å². The lowest BCUT2D eigenvalue weighted by Crippen LogP contribution is -2.08. The molecule has 0 saturated carbocycles. The van der Waals surface area contributed by atoms with Crippen molar-refractivity contribution in [2.75, 3.05) is 12.5 Å². The van der Waals surface area contributed by atoms with E-state index in [9.17, 15) is 4.79 Å². The molecule has 1 aliphatic rings. The highest BCUT2D eigenvalue weighted by atomic mass is 32.2. The number of para-hydroxylation sites is 2. The number of ketones is 1. The molecule has 1 aliphatic heterocycles. The second-order valence-corrected chi connectivity index (χ2v) is 9.16. The lowest BCUT2D eigenvalue weighted by atomic mass is 10.1. The van der Waals surface area contributed by atoms with Gasteiger partial charge in [-0.15, -0.1) is 0 Å². The molecule has 0 amide bonds. The first kappa shape index (κ1) is 22.1. The van der Waals surface area contributed by atoms with Crippen LogP contribution in [-0.4, -0.2) is 32.4 Å². The number of rotatable bonds is 8. The predicted molar refractivity (Wildman–Crippen MR) is 131 cm³/mol. The number of carbonyl (C=O) groups excluding carboxylic acids is 1. The van der Waals surface area contributed by atoms with Crippen LogP contribution in [0.2, 0.25) is 0 Å². The van der Waals surface area contributed by atoms with Crippen LogP contribution in [0, 0.1) is 25.2 Å². The van der Waals surface area contributed by atoms with Gasteiger partial charge in [0.25, 0.3) is 0 Å². The van der Waals surface area contributed by atoms with Crippen molar-refractivity contribution in [2.45, 2.75) is 38.5 Å². The maximum Gasteiger partial charge on any atom is 0.231 e. The van der Waals surface area contributed by atoms with Crippen LogP contribution in [0.5, 0.6) is 11.5 Å². The van der Waals surface area contributed by atoms with E-state index in [-0.39, 0.29) is 18.3 Å². The molecule has 34 heavy (non-hydrogen) atoms. The average Bonchev–Trinajstić information content (AvgIpc) is 3.53. The number of benzene rings is 2. The van der Waals surface area contributed by atoms with Gasteiger partial charge in [0.1, 0.15) is 0 Å². The number of nitrogens with zero attached hydrogens (tertiary/aromatic N) is 4. The Balaban J connectivity index is 1.34. The first-order valence-corrected chi connectivity index (χ1v) is 12.1. The largest absolute Gasteiger partial charge is 0.454 e. The van der Waals surface area contributed by atoms with E-state index >= 15 is 0 Å². The van der Waals surface area contributed by atoms with Crippen molar-refractivity contribution >= 4 is 28.6 Å². The summed E-state index contributed by atoms with van der Waals surface area (Å²) in [5.74, 6) is 1.86. The number of aryl methyl sites for hydroxylation is 2. The zero-order valence-electron chi connectivity index (χ0n) is 19.1. The number of hydrogen-bond donors (Lipinski definition) is 0. The fourth-order valence-corrected chi connectivity index (χ4v) is 5.22. The second-order valence-electron chi connectivity index (χ2n) is 8.21. The van der Waals surface area contributed by atoms with Crippen molar-refractivity contribution in [3.63, 3.8) is 0 Å². The quantitative estimate of drug-likeness (QED) is 0.261. The third kappa shape index (κ3) is 4.15. The van der Waals surface area contributed by atoms with E-state index in [4.69, 9.17) is 19.7 Å². The third-order valence-corrected chi connectivity index (χ3v) is 7.03. The minimum Gasteiger partial charge on any atom is -0.454 e. The van der Waals surface area contributed by atoms with Crippen LogP contribution in [0.15, 0.2) is 53.7 Å². The Morgan fingerprint density at radius 3 is 2.79 bits per heavy atom. The molecule has 0 radical (unpaired) electrons. The fraction of sp³-hybridized carbons (Fsp3) is 0.269. The number of carbonyl (C=O) groups is 1. The predicted octanol–water partition coefficient (Wildman–Crippen LogP) is 5.12. The SMILES string of the molecule is Cc1cc(C(=O)CSc2nc3ccccc3n2CCC#N)c(C)n1Cc1ccc2c(c1)OCO2. The van der Waals surface area contributed by atoms with Crippen LogP contribution < -0.4 is 9.47 Å².